The van der Waals surface area contributed by atoms with E-state index in [0.29, 0.717) is 19.0 Å². The van der Waals surface area contributed by atoms with E-state index < -0.39 is 10.0 Å². The van der Waals surface area contributed by atoms with Gasteiger partial charge < -0.3 is 10.6 Å². The maximum atomic E-state index is 12.2. The highest BCUT2D eigenvalue weighted by Gasteiger charge is 2.31. The van der Waals surface area contributed by atoms with Crippen LogP contribution in [0.15, 0.2) is 35.2 Å². The smallest absolute Gasteiger partial charge is 0.240 e. The van der Waals surface area contributed by atoms with Crippen LogP contribution >= 0.6 is 0 Å². The Bertz CT molecular complexity index is 604. The highest BCUT2D eigenvalue weighted by Crippen LogP contribution is 2.22. The molecular formula is C15H23N3O3S. The van der Waals surface area contributed by atoms with Gasteiger partial charge in [0.05, 0.1) is 4.90 Å². The molecule has 1 aliphatic heterocycles. The number of likely N-dealkylation sites (tertiary alicyclic amines) is 1. The molecule has 1 amide bonds. The summed E-state index contributed by atoms with van der Waals surface area (Å²) in [7, 11) is -3.55. The number of hydrogen-bond acceptors (Lipinski definition) is 4. The Morgan fingerprint density at radius 3 is 2.64 bits per heavy atom. The second-order valence-electron chi connectivity index (χ2n) is 5.69. The molecule has 1 aromatic carbocycles. The van der Waals surface area contributed by atoms with Gasteiger partial charge in [-0.15, -0.1) is 0 Å². The molecule has 2 rings (SSSR count). The van der Waals surface area contributed by atoms with Gasteiger partial charge in [0.2, 0.25) is 15.9 Å². The summed E-state index contributed by atoms with van der Waals surface area (Å²) in [6, 6.07) is 8.31. The molecule has 2 unspecified atom stereocenters. The average Bonchev–Trinajstić information content (AvgIpc) is 2.89. The zero-order chi connectivity index (χ0) is 16.2. The highest BCUT2D eigenvalue weighted by molar-refractivity contribution is 7.89. The minimum Gasteiger partial charge on any atom is -0.340 e. The third-order valence-electron chi connectivity index (χ3n) is 4.00. The average molecular weight is 325 g/mol. The van der Waals surface area contributed by atoms with Crippen LogP contribution in [-0.2, 0) is 14.8 Å². The summed E-state index contributed by atoms with van der Waals surface area (Å²) >= 11 is 0. The van der Waals surface area contributed by atoms with Gasteiger partial charge in [0.15, 0.2) is 0 Å². The van der Waals surface area contributed by atoms with E-state index in [0.717, 1.165) is 6.42 Å². The SMILES string of the molecule is CC1CC(CN)CN1C(=O)CCNS(=O)(=O)c1ccccc1. The molecular weight excluding hydrogens is 302 g/mol. The van der Waals surface area contributed by atoms with Crippen molar-refractivity contribution in [1.82, 2.24) is 9.62 Å². The van der Waals surface area contributed by atoms with Crippen molar-refractivity contribution in [1.29, 1.82) is 0 Å². The largest absolute Gasteiger partial charge is 0.340 e. The number of sulfonamides is 1. The van der Waals surface area contributed by atoms with Crippen LogP contribution in [0.2, 0.25) is 0 Å². The lowest BCUT2D eigenvalue weighted by Crippen LogP contribution is -2.37. The summed E-state index contributed by atoms with van der Waals surface area (Å²) in [5.41, 5.74) is 5.65. The van der Waals surface area contributed by atoms with E-state index in [4.69, 9.17) is 5.73 Å². The molecule has 7 heteroatoms. The molecule has 0 aromatic heterocycles. The van der Waals surface area contributed by atoms with E-state index in [9.17, 15) is 13.2 Å². The molecule has 122 valence electrons. The van der Waals surface area contributed by atoms with E-state index in [2.05, 4.69) is 4.72 Å². The number of amides is 1. The molecule has 1 heterocycles. The Balaban J connectivity index is 1.85. The minimum atomic E-state index is -3.55. The first-order valence-electron chi connectivity index (χ1n) is 7.48. The van der Waals surface area contributed by atoms with Crippen LogP contribution < -0.4 is 10.5 Å². The number of hydrogen-bond donors (Lipinski definition) is 2. The first-order valence-corrected chi connectivity index (χ1v) is 8.96. The van der Waals surface area contributed by atoms with Gasteiger partial charge in [-0.3, -0.25) is 4.79 Å². The molecule has 1 aliphatic rings. The summed E-state index contributed by atoms with van der Waals surface area (Å²) in [4.78, 5) is 14.2. The third-order valence-corrected chi connectivity index (χ3v) is 5.48. The lowest BCUT2D eigenvalue weighted by Gasteiger charge is -2.21. The number of nitrogens with two attached hydrogens (primary N) is 1. The third kappa shape index (κ3) is 4.06. The topological polar surface area (TPSA) is 92.5 Å². The Labute approximate surface area is 131 Å². The molecule has 0 aliphatic carbocycles. The number of nitrogens with one attached hydrogen (secondary N) is 1. The summed E-state index contributed by atoms with van der Waals surface area (Å²) in [5.74, 6) is 0.319. The molecule has 1 aromatic rings. The van der Waals surface area contributed by atoms with E-state index in [1.807, 2.05) is 6.92 Å². The second kappa shape index (κ2) is 7.21. The first kappa shape index (κ1) is 16.9. The van der Waals surface area contributed by atoms with E-state index in [1.54, 1.807) is 23.1 Å². The van der Waals surface area contributed by atoms with Crippen LogP contribution in [0.3, 0.4) is 0 Å². The predicted octanol–water partition coefficient (Wildman–Crippen LogP) is 0.551. The van der Waals surface area contributed by atoms with Gasteiger partial charge in [0.1, 0.15) is 0 Å². The maximum absolute atomic E-state index is 12.2. The summed E-state index contributed by atoms with van der Waals surface area (Å²) in [5, 5.41) is 0. The minimum absolute atomic E-state index is 0.0285. The van der Waals surface area contributed by atoms with E-state index in [-0.39, 0.29) is 29.8 Å². The summed E-state index contributed by atoms with van der Waals surface area (Å²) in [6.07, 6.45) is 1.08. The standard InChI is InChI=1S/C15H23N3O3S/c1-12-9-13(10-16)11-18(12)15(19)7-8-17-22(20,21)14-5-3-2-4-6-14/h2-6,12-13,17H,7-11,16H2,1H3. The molecule has 22 heavy (non-hydrogen) atoms. The van der Waals surface area contributed by atoms with Crippen LogP contribution in [0, 0.1) is 5.92 Å². The van der Waals surface area contributed by atoms with Crippen molar-refractivity contribution in [3.63, 3.8) is 0 Å². The van der Waals surface area contributed by atoms with Crippen molar-refractivity contribution in [3.05, 3.63) is 30.3 Å². The number of carbonyl (C=O) groups excluding carboxylic acids is 1. The number of rotatable bonds is 6. The van der Waals surface area contributed by atoms with Gasteiger partial charge in [-0.25, -0.2) is 13.1 Å². The molecule has 0 saturated carbocycles. The number of carbonyl (C=O) groups is 1. The van der Waals surface area contributed by atoms with Crippen molar-refractivity contribution in [3.8, 4) is 0 Å². The van der Waals surface area contributed by atoms with E-state index >= 15 is 0 Å². The Hall–Kier alpha value is -1.44. The lowest BCUT2D eigenvalue weighted by atomic mass is 10.1. The van der Waals surface area contributed by atoms with E-state index in [1.165, 1.54) is 12.1 Å². The van der Waals surface area contributed by atoms with Crippen LogP contribution in [-0.4, -0.2) is 44.9 Å². The van der Waals surface area contributed by atoms with Crippen LogP contribution in [0.25, 0.3) is 0 Å². The van der Waals surface area contributed by atoms with Gasteiger partial charge in [0.25, 0.3) is 0 Å². The van der Waals surface area contributed by atoms with Crippen molar-refractivity contribution in [2.24, 2.45) is 11.7 Å². The predicted molar refractivity (Wildman–Crippen MR) is 84.6 cm³/mol. The first-order chi connectivity index (χ1) is 10.4. The molecule has 0 radical (unpaired) electrons. The molecule has 1 fully saturated rings. The van der Waals surface area contributed by atoms with Crippen LogP contribution in [0.5, 0.6) is 0 Å². The van der Waals surface area contributed by atoms with Crippen molar-refractivity contribution >= 4 is 15.9 Å². The fourth-order valence-corrected chi connectivity index (χ4v) is 3.83. The summed E-state index contributed by atoms with van der Waals surface area (Å²) < 4.78 is 26.6. The van der Waals surface area contributed by atoms with Gasteiger partial charge in [-0.2, -0.15) is 0 Å². The zero-order valence-electron chi connectivity index (χ0n) is 12.7. The monoisotopic (exact) mass is 325 g/mol. The van der Waals surface area contributed by atoms with Gasteiger partial charge in [-0.05, 0) is 37.9 Å². The molecule has 6 nitrogen and oxygen atoms in total. The number of benzene rings is 1. The quantitative estimate of drug-likeness (QED) is 0.799. The Kier molecular flexibility index (Phi) is 5.55. The Morgan fingerprint density at radius 1 is 1.36 bits per heavy atom. The normalized spacial score (nSPS) is 22.0. The van der Waals surface area contributed by atoms with Crippen LogP contribution in [0.4, 0.5) is 0 Å². The fraction of sp³-hybridized carbons (Fsp3) is 0.533. The lowest BCUT2D eigenvalue weighted by molar-refractivity contribution is -0.131. The van der Waals surface area contributed by atoms with Crippen molar-refractivity contribution < 1.29 is 13.2 Å². The highest BCUT2D eigenvalue weighted by atomic mass is 32.2. The second-order valence-corrected chi connectivity index (χ2v) is 7.46. The van der Waals surface area contributed by atoms with Gasteiger partial charge in [-0.1, -0.05) is 18.2 Å². The zero-order valence-corrected chi connectivity index (χ0v) is 13.6. The molecule has 2 atom stereocenters. The number of nitrogens with zero attached hydrogens (tertiary/aromatic N) is 1. The molecule has 1 saturated heterocycles. The van der Waals surface area contributed by atoms with Crippen LogP contribution in [0.1, 0.15) is 19.8 Å². The Morgan fingerprint density at radius 2 is 2.05 bits per heavy atom. The molecule has 0 bridgehead atoms. The summed E-state index contributed by atoms with van der Waals surface area (Å²) in [6.45, 7) is 3.35. The van der Waals surface area contributed by atoms with Crippen molar-refractivity contribution in [2.45, 2.75) is 30.7 Å². The molecule has 0 spiro atoms. The maximum Gasteiger partial charge on any atom is 0.240 e. The van der Waals surface area contributed by atoms with Gasteiger partial charge >= 0.3 is 0 Å². The fourth-order valence-electron chi connectivity index (χ4n) is 2.78. The molecule has 3 N–H and O–H groups in total. The van der Waals surface area contributed by atoms with Gasteiger partial charge in [0, 0.05) is 25.6 Å². The van der Waals surface area contributed by atoms with Crippen molar-refractivity contribution in [2.75, 3.05) is 19.6 Å².